The van der Waals surface area contributed by atoms with Gasteiger partial charge in [-0.25, -0.2) is 0 Å². The minimum Gasteiger partial charge on any atom is -0.462 e. The molecule has 0 amide bonds. The molecule has 0 N–H and O–H groups in total. The first-order valence-corrected chi connectivity index (χ1v) is 27.4. The second-order valence-electron chi connectivity index (χ2n) is 19.1. The van der Waals surface area contributed by atoms with Crippen LogP contribution in [0.5, 0.6) is 0 Å². The molecule has 0 aromatic rings. The first-order chi connectivity index (χ1) is 29.9. The molecular weight excluding hydrogens is 757 g/mol. The molecule has 0 aromatic heterocycles. The van der Waals surface area contributed by atoms with Crippen molar-refractivity contribution in [1.29, 1.82) is 0 Å². The van der Waals surface area contributed by atoms with Crippen LogP contribution >= 0.6 is 0 Å². The van der Waals surface area contributed by atoms with E-state index in [0.29, 0.717) is 19.3 Å². The number of unbranched alkanes of at least 4 members (excludes halogenated alkanes) is 36. The normalized spacial score (nSPS) is 12.4. The molecule has 362 valence electrons. The van der Waals surface area contributed by atoms with Crippen LogP contribution in [0.2, 0.25) is 0 Å². The molecule has 6 nitrogen and oxygen atoms in total. The van der Waals surface area contributed by atoms with Gasteiger partial charge in [-0.15, -0.1) is 0 Å². The van der Waals surface area contributed by atoms with Gasteiger partial charge < -0.3 is 14.2 Å². The summed E-state index contributed by atoms with van der Waals surface area (Å²) in [5.74, 6) is 0.0547. The van der Waals surface area contributed by atoms with E-state index in [1.165, 1.54) is 205 Å². The monoisotopic (exact) mass is 863 g/mol. The van der Waals surface area contributed by atoms with Crippen LogP contribution in [0, 0.1) is 5.92 Å². The third kappa shape index (κ3) is 47.7. The standard InChI is InChI=1S/C55H106O6/c1-5-8-10-12-14-16-18-19-20-25-28-32-36-40-44-48-55(58)61-52(49-59-53(56)46-42-38-34-30-17-15-13-11-9-6-2)50-60-54(57)47-43-39-35-31-27-24-22-21-23-26-29-33-37-41-45-51(4)7-3/h51-52H,5-50H2,1-4H3/t51?,52-/m0/s1. The molecule has 0 saturated heterocycles. The Kier molecular flexibility index (Phi) is 48.1. The van der Waals surface area contributed by atoms with E-state index in [4.69, 9.17) is 14.2 Å². The van der Waals surface area contributed by atoms with E-state index in [1.54, 1.807) is 0 Å². The highest BCUT2D eigenvalue weighted by atomic mass is 16.6. The first kappa shape index (κ1) is 59.4. The van der Waals surface area contributed by atoms with E-state index in [-0.39, 0.29) is 31.1 Å². The van der Waals surface area contributed by atoms with Crippen LogP contribution in [0.3, 0.4) is 0 Å². The molecule has 0 aliphatic rings. The van der Waals surface area contributed by atoms with Crippen molar-refractivity contribution in [3.63, 3.8) is 0 Å². The number of carbonyl (C=O) groups excluding carboxylic acids is 3. The maximum Gasteiger partial charge on any atom is 0.306 e. The SMILES string of the molecule is CCCCCCCCCCCCCCCCCC(=O)O[C@@H](COC(=O)CCCCCCCCCCCC)COC(=O)CCCCCCCCCCCCCCCCC(C)CC. The molecule has 1 unspecified atom stereocenters. The summed E-state index contributed by atoms with van der Waals surface area (Å²) in [5.41, 5.74) is 0. The highest BCUT2D eigenvalue weighted by Gasteiger charge is 2.19. The Bertz CT molecular complexity index is 920. The summed E-state index contributed by atoms with van der Waals surface area (Å²) in [6.45, 7) is 9.07. The summed E-state index contributed by atoms with van der Waals surface area (Å²) in [5, 5.41) is 0. The number of hydrogen-bond donors (Lipinski definition) is 0. The number of carbonyl (C=O) groups is 3. The van der Waals surface area contributed by atoms with Crippen LogP contribution in [-0.2, 0) is 28.6 Å². The van der Waals surface area contributed by atoms with Gasteiger partial charge in [0.2, 0.25) is 0 Å². The molecule has 0 aliphatic carbocycles. The number of ether oxygens (including phenoxy) is 3. The molecule has 0 rings (SSSR count). The van der Waals surface area contributed by atoms with Gasteiger partial charge in [-0.3, -0.25) is 14.4 Å². The van der Waals surface area contributed by atoms with Crippen LogP contribution < -0.4 is 0 Å². The Balaban J connectivity index is 4.25. The van der Waals surface area contributed by atoms with Gasteiger partial charge in [0.05, 0.1) is 0 Å². The third-order valence-corrected chi connectivity index (χ3v) is 12.9. The van der Waals surface area contributed by atoms with Crippen LogP contribution in [0.15, 0.2) is 0 Å². The summed E-state index contributed by atoms with van der Waals surface area (Å²) in [7, 11) is 0. The van der Waals surface area contributed by atoms with E-state index in [9.17, 15) is 14.4 Å². The second kappa shape index (κ2) is 49.4. The molecule has 0 aliphatic heterocycles. The van der Waals surface area contributed by atoms with Crippen molar-refractivity contribution >= 4 is 17.9 Å². The second-order valence-corrected chi connectivity index (χ2v) is 19.1. The van der Waals surface area contributed by atoms with E-state index in [2.05, 4.69) is 27.7 Å². The van der Waals surface area contributed by atoms with Gasteiger partial charge in [-0.05, 0) is 25.2 Å². The predicted molar refractivity (Wildman–Crippen MR) is 261 cm³/mol. The summed E-state index contributed by atoms with van der Waals surface area (Å²) >= 11 is 0. The van der Waals surface area contributed by atoms with Gasteiger partial charge in [-0.2, -0.15) is 0 Å². The molecule has 0 heterocycles. The third-order valence-electron chi connectivity index (χ3n) is 12.9. The van der Waals surface area contributed by atoms with Crippen molar-refractivity contribution < 1.29 is 28.6 Å². The fourth-order valence-electron chi connectivity index (χ4n) is 8.36. The zero-order valence-corrected chi connectivity index (χ0v) is 41.6. The molecule has 0 aromatic carbocycles. The first-order valence-electron chi connectivity index (χ1n) is 27.4. The molecule has 0 fully saturated rings. The van der Waals surface area contributed by atoms with Gasteiger partial charge in [0.1, 0.15) is 13.2 Å². The molecule has 2 atom stereocenters. The highest BCUT2D eigenvalue weighted by Crippen LogP contribution is 2.18. The molecular formula is C55H106O6. The van der Waals surface area contributed by atoms with Gasteiger partial charge >= 0.3 is 17.9 Å². The predicted octanol–water partition coefficient (Wildman–Crippen LogP) is 17.8. The summed E-state index contributed by atoms with van der Waals surface area (Å²) in [6, 6.07) is 0. The summed E-state index contributed by atoms with van der Waals surface area (Å²) in [6.07, 6.45) is 52.2. The van der Waals surface area contributed by atoms with Gasteiger partial charge in [-0.1, -0.05) is 272 Å². The Hall–Kier alpha value is -1.59. The van der Waals surface area contributed by atoms with Crippen LogP contribution in [0.25, 0.3) is 0 Å². The van der Waals surface area contributed by atoms with Gasteiger partial charge in [0.25, 0.3) is 0 Å². The fraction of sp³-hybridized carbons (Fsp3) is 0.945. The zero-order chi connectivity index (χ0) is 44.5. The molecule has 61 heavy (non-hydrogen) atoms. The molecule has 6 heteroatoms. The van der Waals surface area contributed by atoms with Crippen LogP contribution in [0.1, 0.15) is 310 Å². The number of esters is 3. The largest absolute Gasteiger partial charge is 0.462 e. The number of rotatable bonds is 50. The van der Waals surface area contributed by atoms with E-state index in [1.807, 2.05) is 0 Å². The Morgan fingerprint density at radius 3 is 0.852 bits per heavy atom. The lowest BCUT2D eigenvalue weighted by Crippen LogP contribution is -2.30. The van der Waals surface area contributed by atoms with Gasteiger partial charge in [0, 0.05) is 19.3 Å². The molecule has 0 bridgehead atoms. The smallest absolute Gasteiger partial charge is 0.306 e. The quantitative estimate of drug-likeness (QED) is 0.0344. The van der Waals surface area contributed by atoms with Crippen molar-refractivity contribution in [2.75, 3.05) is 13.2 Å². The highest BCUT2D eigenvalue weighted by molar-refractivity contribution is 5.71. The molecule has 0 spiro atoms. The fourth-order valence-corrected chi connectivity index (χ4v) is 8.36. The minimum atomic E-state index is -0.760. The Morgan fingerprint density at radius 2 is 0.574 bits per heavy atom. The maximum absolute atomic E-state index is 12.8. The maximum atomic E-state index is 12.8. The lowest BCUT2D eigenvalue weighted by atomic mass is 9.99. The van der Waals surface area contributed by atoms with Crippen LogP contribution in [0.4, 0.5) is 0 Å². The van der Waals surface area contributed by atoms with E-state index < -0.39 is 6.10 Å². The summed E-state index contributed by atoms with van der Waals surface area (Å²) < 4.78 is 16.8. The van der Waals surface area contributed by atoms with Crippen molar-refractivity contribution in [1.82, 2.24) is 0 Å². The van der Waals surface area contributed by atoms with E-state index >= 15 is 0 Å². The average Bonchev–Trinajstić information content (AvgIpc) is 3.26. The minimum absolute atomic E-state index is 0.0623. The van der Waals surface area contributed by atoms with E-state index in [0.717, 1.165) is 63.7 Å². The van der Waals surface area contributed by atoms with Crippen molar-refractivity contribution in [3.8, 4) is 0 Å². The lowest BCUT2D eigenvalue weighted by Gasteiger charge is -2.18. The number of hydrogen-bond acceptors (Lipinski definition) is 6. The van der Waals surface area contributed by atoms with Crippen molar-refractivity contribution in [2.45, 2.75) is 316 Å². The zero-order valence-electron chi connectivity index (χ0n) is 41.6. The molecule has 0 saturated carbocycles. The Labute approximate surface area is 380 Å². The van der Waals surface area contributed by atoms with Gasteiger partial charge in [0.15, 0.2) is 6.10 Å². The van der Waals surface area contributed by atoms with Crippen molar-refractivity contribution in [2.24, 2.45) is 5.92 Å². The summed E-state index contributed by atoms with van der Waals surface area (Å²) in [4.78, 5) is 38.0. The average molecular weight is 863 g/mol. The Morgan fingerprint density at radius 1 is 0.328 bits per heavy atom. The van der Waals surface area contributed by atoms with Crippen LogP contribution in [-0.4, -0.2) is 37.2 Å². The topological polar surface area (TPSA) is 78.9 Å². The van der Waals surface area contributed by atoms with Crippen molar-refractivity contribution in [3.05, 3.63) is 0 Å². The lowest BCUT2D eigenvalue weighted by molar-refractivity contribution is -0.167. The molecule has 0 radical (unpaired) electrons.